The number of nitrogens with zero attached hydrogens (tertiary/aromatic N) is 1. The van der Waals surface area contributed by atoms with E-state index >= 15 is 0 Å². The minimum absolute atomic E-state index is 0.302. The number of hydrogen-bond acceptors (Lipinski definition) is 0. The van der Waals surface area contributed by atoms with Crippen LogP contribution in [0, 0.1) is 0 Å². The van der Waals surface area contributed by atoms with Gasteiger partial charge in [-0.15, -0.1) is 0 Å². The van der Waals surface area contributed by atoms with E-state index in [2.05, 4.69) is 153 Å². The summed E-state index contributed by atoms with van der Waals surface area (Å²) in [5.41, 5.74) is 12.3. The molecule has 2 heterocycles. The number of hydrogen-bond donors (Lipinski definition) is 0. The second-order valence-corrected chi connectivity index (χ2v) is 13.8. The Labute approximate surface area is 264 Å². The van der Waals surface area contributed by atoms with Crippen molar-refractivity contribution in [3.63, 3.8) is 0 Å². The molecular formula is C44H37N. The Balaban J connectivity index is 1.35. The second-order valence-electron chi connectivity index (χ2n) is 13.8. The van der Waals surface area contributed by atoms with Gasteiger partial charge >= 0.3 is 0 Å². The average molecular weight is 580 g/mol. The fraction of sp³-hybridized carbons (Fsp3) is 0.182. The van der Waals surface area contributed by atoms with Gasteiger partial charge in [-0.3, -0.25) is 0 Å². The monoisotopic (exact) mass is 579 g/mol. The van der Waals surface area contributed by atoms with Crippen LogP contribution in [0.2, 0.25) is 0 Å². The SMILES string of the molecule is CC(C)c1ccc2cc3c(cc2c1)c1c2c(c4cc5cc(C(C)C)ccc5cc4n23)=CC(c2cccc(-c3ccccc3)c2)C1. The van der Waals surface area contributed by atoms with Crippen LogP contribution in [0.3, 0.4) is 0 Å². The molecule has 6 aromatic carbocycles. The third kappa shape index (κ3) is 4.07. The van der Waals surface area contributed by atoms with E-state index < -0.39 is 0 Å². The molecule has 2 aromatic heterocycles. The molecule has 45 heavy (non-hydrogen) atoms. The van der Waals surface area contributed by atoms with Gasteiger partial charge in [0, 0.05) is 21.9 Å². The van der Waals surface area contributed by atoms with E-state index in [0.29, 0.717) is 17.8 Å². The zero-order valence-electron chi connectivity index (χ0n) is 26.4. The van der Waals surface area contributed by atoms with Gasteiger partial charge in [0.05, 0.1) is 16.6 Å². The summed E-state index contributed by atoms with van der Waals surface area (Å²) in [6.45, 7) is 9.13. The molecule has 0 radical (unpaired) electrons. The van der Waals surface area contributed by atoms with Crippen molar-refractivity contribution in [2.45, 2.75) is 51.9 Å². The quantitative estimate of drug-likeness (QED) is 0.195. The van der Waals surface area contributed by atoms with Crippen LogP contribution >= 0.6 is 0 Å². The Morgan fingerprint density at radius 2 is 1.18 bits per heavy atom. The van der Waals surface area contributed by atoms with Gasteiger partial charge in [0.25, 0.3) is 0 Å². The Kier molecular flexibility index (Phi) is 5.78. The van der Waals surface area contributed by atoms with E-state index in [0.717, 1.165) is 6.42 Å². The van der Waals surface area contributed by atoms with Crippen LogP contribution in [0.5, 0.6) is 0 Å². The van der Waals surface area contributed by atoms with E-state index in [4.69, 9.17) is 0 Å². The summed E-state index contributed by atoms with van der Waals surface area (Å²) in [5.74, 6) is 1.32. The summed E-state index contributed by atoms with van der Waals surface area (Å²) in [6.07, 6.45) is 3.57. The highest BCUT2D eigenvalue weighted by atomic mass is 14.9. The highest BCUT2D eigenvalue weighted by Crippen LogP contribution is 2.40. The first-order chi connectivity index (χ1) is 21.9. The van der Waals surface area contributed by atoms with Gasteiger partial charge in [-0.2, -0.15) is 0 Å². The van der Waals surface area contributed by atoms with Crippen LogP contribution in [-0.4, -0.2) is 4.40 Å². The van der Waals surface area contributed by atoms with Crippen molar-refractivity contribution in [3.8, 4) is 11.1 Å². The fourth-order valence-corrected chi connectivity index (χ4v) is 7.85. The van der Waals surface area contributed by atoms with Crippen molar-refractivity contribution < 1.29 is 0 Å². The fourth-order valence-electron chi connectivity index (χ4n) is 7.85. The average Bonchev–Trinajstić information content (AvgIpc) is 3.56. The Bertz CT molecular complexity index is 2510. The maximum Gasteiger partial charge on any atom is 0.0577 e. The molecule has 1 heteroatoms. The zero-order valence-corrected chi connectivity index (χ0v) is 26.4. The standard InChI is InChI=1S/C44H37N/c1-26(2)29-13-15-33-24-42-38(20-35(33)17-29)40-22-37(32-12-8-11-31(19-32)28-9-6-5-7-10-28)23-41-39-21-36-18-30(27(3)4)14-16-34(36)25-43(39)45(42)44(40)41/h5-22,24-27,37H,23H2,1-4H3. The largest absolute Gasteiger partial charge is 0.308 e. The van der Waals surface area contributed by atoms with E-state index in [1.54, 1.807) is 0 Å². The molecule has 1 atom stereocenters. The summed E-state index contributed by atoms with van der Waals surface area (Å²) in [5, 5.41) is 9.44. The lowest BCUT2D eigenvalue weighted by molar-refractivity contribution is 0.869. The smallest absolute Gasteiger partial charge is 0.0577 e. The van der Waals surface area contributed by atoms with E-state index in [1.807, 2.05) is 0 Å². The van der Waals surface area contributed by atoms with E-state index in [1.165, 1.54) is 87.5 Å². The summed E-state index contributed by atoms with van der Waals surface area (Å²) < 4.78 is 2.58. The van der Waals surface area contributed by atoms with E-state index in [9.17, 15) is 0 Å². The Hall–Kier alpha value is -4.88. The molecular weight excluding hydrogens is 542 g/mol. The molecule has 218 valence electrons. The first-order valence-electron chi connectivity index (χ1n) is 16.5. The molecule has 1 aliphatic rings. The number of rotatable bonds is 4. The van der Waals surface area contributed by atoms with Gasteiger partial charge in [-0.05, 0) is 97.4 Å². The van der Waals surface area contributed by atoms with Gasteiger partial charge in [0.15, 0.2) is 0 Å². The highest BCUT2D eigenvalue weighted by Gasteiger charge is 2.26. The molecule has 1 aliphatic carbocycles. The molecule has 0 amide bonds. The van der Waals surface area contributed by atoms with Gasteiger partial charge in [-0.25, -0.2) is 0 Å². The lowest BCUT2D eigenvalue weighted by Gasteiger charge is -2.18. The third-order valence-electron chi connectivity index (χ3n) is 10.4. The van der Waals surface area contributed by atoms with Crippen molar-refractivity contribution in [2.24, 2.45) is 0 Å². The summed E-state index contributed by atoms with van der Waals surface area (Å²) in [6, 6.07) is 43.9. The summed E-state index contributed by atoms with van der Waals surface area (Å²) >= 11 is 0. The second kappa shape index (κ2) is 9.81. The van der Waals surface area contributed by atoms with Crippen molar-refractivity contribution >= 4 is 54.9 Å². The van der Waals surface area contributed by atoms with Crippen LogP contribution in [0.1, 0.15) is 67.7 Å². The van der Waals surface area contributed by atoms with E-state index in [-0.39, 0.29) is 0 Å². The van der Waals surface area contributed by atoms with Gasteiger partial charge in [-0.1, -0.05) is 125 Å². The Morgan fingerprint density at radius 3 is 1.84 bits per heavy atom. The minimum Gasteiger partial charge on any atom is -0.308 e. The molecule has 0 saturated carbocycles. The molecule has 0 spiro atoms. The van der Waals surface area contributed by atoms with Gasteiger partial charge in [0.2, 0.25) is 0 Å². The molecule has 0 bridgehead atoms. The maximum atomic E-state index is 2.58. The predicted molar refractivity (Wildman–Crippen MR) is 194 cm³/mol. The Morgan fingerprint density at radius 1 is 0.556 bits per heavy atom. The van der Waals surface area contributed by atoms with Crippen LogP contribution in [0.25, 0.3) is 66.1 Å². The van der Waals surface area contributed by atoms with Crippen LogP contribution in [-0.2, 0) is 6.42 Å². The number of aromatic nitrogens is 1. The molecule has 8 aromatic rings. The van der Waals surface area contributed by atoms with Gasteiger partial charge in [0.1, 0.15) is 0 Å². The molecule has 0 fully saturated rings. The summed E-state index contributed by atoms with van der Waals surface area (Å²) in [4.78, 5) is 0. The molecule has 0 saturated heterocycles. The van der Waals surface area contributed by atoms with Gasteiger partial charge < -0.3 is 4.40 Å². The van der Waals surface area contributed by atoms with Crippen molar-refractivity contribution in [3.05, 3.63) is 143 Å². The minimum atomic E-state index is 0.302. The molecule has 0 N–H and O–H groups in total. The van der Waals surface area contributed by atoms with Crippen molar-refractivity contribution in [1.29, 1.82) is 0 Å². The topological polar surface area (TPSA) is 4.41 Å². The molecule has 1 unspecified atom stereocenters. The molecule has 0 aliphatic heterocycles. The van der Waals surface area contributed by atoms with Crippen molar-refractivity contribution in [1.82, 2.24) is 4.40 Å². The highest BCUT2D eigenvalue weighted by molar-refractivity contribution is 6.10. The first kappa shape index (κ1) is 26.5. The van der Waals surface area contributed by atoms with Crippen molar-refractivity contribution in [2.75, 3.05) is 0 Å². The third-order valence-corrected chi connectivity index (χ3v) is 10.4. The molecule has 9 rings (SSSR count). The number of fused-ring (bicyclic) bond motifs is 8. The van der Waals surface area contributed by atoms with Crippen LogP contribution < -0.4 is 5.22 Å². The molecule has 1 nitrogen and oxygen atoms in total. The lowest BCUT2D eigenvalue weighted by Crippen LogP contribution is -2.13. The van der Waals surface area contributed by atoms with Crippen LogP contribution in [0.4, 0.5) is 0 Å². The number of benzene rings is 6. The predicted octanol–water partition coefficient (Wildman–Crippen LogP) is 11.3. The normalized spacial score (nSPS) is 14.9. The maximum absolute atomic E-state index is 2.58. The first-order valence-corrected chi connectivity index (χ1v) is 16.5. The van der Waals surface area contributed by atoms with Crippen LogP contribution in [0.15, 0.2) is 115 Å². The zero-order chi connectivity index (χ0) is 30.4. The lowest BCUT2D eigenvalue weighted by atomic mass is 9.85. The summed E-state index contributed by atoms with van der Waals surface area (Å²) in [7, 11) is 0.